The van der Waals surface area contributed by atoms with E-state index in [-0.39, 0.29) is 34.9 Å². The summed E-state index contributed by atoms with van der Waals surface area (Å²) >= 11 is 0. The van der Waals surface area contributed by atoms with E-state index in [4.69, 9.17) is 10.5 Å². The number of rotatable bonds is 7. The molecule has 0 spiro atoms. The van der Waals surface area contributed by atoms with Gasteiger partial charge in [0.1, 0.15) is 34.9 Å². The first kappa shape index (κ1) is 19.9. The van der Waals surface area contributed by atoms with Gasteiger partial charge in [0, 0.05) is 17.2 Å². The first-order valence-electron chi connectivity index (χ1n) is 8.42. The monoisotopic (exact) mass is 372 g/mol. The molecule has 0 unspecified atom stereocenters. The van der Waals surface area contributed by atoms with Gasteiger partial charge in [0.2, 0.25) is 0 Å². The molecule has 1 heterocycles. The summed E-state index contributed by atoms with van der Waals surface area (Å²) in [5, 5.41) is 18.7. The Morgan fingerprint density at radius 3 is 2.48 bits per heavy atom. The lowest BCUT2D eigenvalue weighted by Crippen LogP contribution is -2.17. The number of H-pyrrole nitrogens is 1. The zero-order chi connectivity index (χ0) is 20.0. The predicted octanol–water partition coefficient (Wildman–Crippen LogP) is 3.60. The molecule has 0 radical (unpaired) electrons. The summed E-state index contributed by atoms with van der Waals surface area (Å²) in [6.07, 6.45) is 3.53. The summed E-state index contributed by atoms with van der Waals surface area (Å²) in [4.78, 5) is 14.2. The Bertz CT molecular complexity index is 987. The molecule has 3 N–H and O–H groups in total. The van der Waals surface area contributed by atoms with Crippen LogP contribution >= 0.6 is 0 Å². The van der Waals surface area contributed by atoms with Crippen molar-refractivity contribution < 1.29 is 13.5 Å². The molecule has 2 rings (SSSR count). The van der Waals surface area contributed by atoms with Crippen molar-refractivity contribution in [1.82, 2.24) is 4.98 Å². The van der Waals surface area contributed by atoms with Crippen LogP contribution in [0.2, 0.25) is 0 Å². The number of ether oxygens (including phenoxy) is 1. The predicted molar refractivity (Wildman–Crippen MR) is 95.9 cm³/mol. The fourth-order valence-electron chi connectivity index (χ4n) is 2.71. The van der Waals surface area contributed by atoms with E-state index < -0.39 is 22.8 Å². The van der Waals surface area contributed by atoms with Crippen LogP contribution in [0.3, 0.4) is 0 Å². The summed E-state index contributed by atoms with van der Waals surface area (Å²) in [7, 11) is 0. The second-order valence-corrected chi connectivity index (χ2v) is 5.89. The molecule has 6 nitrogen and oxygen atoms in total. The molecule has 1 aromatic carbocycles. The van der Waals surface area contributed by atoms with Gasteiger partial charge in [-0.2, -0.15) is 10.5 Å². The van der Waals surface area contributed by atoms with Crippen molar-refractivity contribution in [2.75, 3.05) is 12.3 Å². The van der Waals surface area contributed by atoms with Crippen LogP contribution in [0.4, 0.5) is 14.6 Å². The number of aromatic amines is 1. The minimum absolute atomic E-state index is 0.165. The third-order valence-electron chi connectivity index (χ3n) is 3.99. The van der Waals surface area contributed by atoms with Gasteiger partial charge in [-0.3, -0.25) is 4.79 Å². The smallest absolute Gasteiger partial charge is 0.268 e. The van der Waals surface area contributed by atoms with E-state index in [1.54, 1.807) is 12.1 Å². The topological polar surface area (TPSA) is 116 Å². The molecular weight excluding hydrogens is 354 g/mol. The van der Waals surface area contributed by atoms with Gasteiger partial charge in [0.25, 0.3) is 5.56 Å². The summed E-state index contributed by atoms with van der Waals surface area (Å²) in [5.74, 6) is -2.56. The number of hydrogen-bond donors (Lipinski definition) is 2. The van der Waals surface area contributed by atoms with E-state index in [2.05, 4.69) is 4.98 Å². The lowest BCUT2D eigenvalue weighted by Gasteiger charge is -2.15. The van der Waals surface area contributed by atoms with Gasteiger partial charge in [-0.15, -0.1) is 0 Å². The highest BCUT2D eigenvalue weighted by molar-refractivity contribution is 5.83. The number of pyridine rings is 1. The molecule has 140 valence electrons. The van der Waals surface area contributed by atoms with Gasteiger partial charge in [-0.25, -0.2) is 8.78 Å². The standard InChI is InChI=1S/C19H18F2N4O2/c1-2-3-4-5-6-27-17-12(7-11(20)8-15(17)21)16-13(9-22)18(24)25-19(26)14(16)10-23/h7-8H,2-6H2,1H3,(H3,24,25,26). The van der Waals surface area contributed by atoms with Gasteiger partial charge < -0.3 is 15.5 Å². The van der Waals surface area contributed by atoms with Gasteiger partial charge in [0.15, 0.2) is 11.6 Å². The summed E-state index contributed by atoms with van der Waals surface area (Å²) in [5.41, 5.74) is 3.62. The molecule has 2 aromatic rings. The van der Waals surface area contributed by atoms with Gasteiger partial charge in [0.05, 0.1) is 6.61 Å². The number of hydrogen-bond acceptors (Lipinski definition) is 5. The third kappa shape index (κ3) is 4.24. The Morgan fingerprint density at radius 2 is 1.85 bits per heavy atom. The lowest BCUT2D eigenvalue weighted by molar-refractivity contribution is 0.291. The number of nitrogens with one attached hydrogen (secondary N) is 1. The maximum Gasteiger partial charge on any atom is 0.268 e. The van der Waals surface area contributed by atoms with Crippen LogP contribution in [0, 0.1) is 34.3 Å². The normalized spacial score (nSPS) is 10.3. The Morgan fingerprint density at radius 1 is 1.15 bits per heavy atom. The molecular formula is C19H18F2N4O2. The molecule has 27 heavy (non-hydrogen) atoms. The largest absolute Gasteiger partial charge is 0.490 e. The van der Waals surface area contributed by atoms with Crippen LogP contribution < -0.4 is 16.0 Å². The van der Waals surface area contributed by atoms with E-state index in [9.17, 15) is 24.1 Å². The number of nitrogens with two attached hydrogens (primary N) is 1. The summed E-state index contributed by atoms with van der Waals surface area (Å²) in [6.45, 7) is 2.21. The fraction of sp³-hybridized carbons (Fsp3) is 0.316. The average molecular weight is 372 g/mol. The molecule has 1 aromatic heterocycles. The van der Waals surface area contributed by atoms with Crippen LogP contribution in [0.1, 0.15) is 43.7 Å². The zero-order valence-corrected chi connectivity index (χ0v) is 14.7. The van der Waals surface area contributed by atoms with Gasteiger partial charge >= 0.3 is 0 Å². The summed E-state index contributed by atoms with van der Waals surface area (Å²) < 4.78 is 33.8. The molecule has 0 aliphatic heterocycles. The number of halogens is 2. The molecule has 0 saturated heterocycles. The highest BCUT2D eigenvalue weighted by Gasteiger charge is 2.24. The van der Waals surface area contributed by atoms with Crippen LogP contribution in [0.15, 0.2) is 16.9 Å². The molecule has 0 aliphatic rings. The van der Waals surface area contributed by atoms with E-state index in [1.165, 1.54) is 0 Å². The maximum atomic E-state index is 14.4. The zero-order valence-electron chi connectivity index (χ0n) is 14.7. The van der Waals surface area contributed by atoms with Crippen LogP contribution in [-0.2, 0) is 0 Å². The van der Waals surface area contributed by atoms with Gasteiger partial charge in [-0.05, 0) is 12.5 Å². The second kappa shape index (κ2) is 8.81. The van der Waals surface area contributed by atoms with Crippen molar-refractivity contribution in [3.63, 3.8) is 0 Å². The van der Waals surface area contributed by atoms with E-state index in [1.807, 2.05) is 6.92 Å². The quantitative estimate of drug-likeness (QED) is 0.720. The summed E-state index contributed by atoms with van der Waals surface area (Å²) in [6, 6.07) is 4.99. The molecule has 0 atom stereocenters. The molecule has 0 aliphatic carbocycles. The molecule has 8 heteroatoms. The maximum absolute atomic E-state index is 14.4. The number of aromatic nitrogens is 1. The van der Waals surface area contributed by atoms with Crippen molar-refractivity contribution in [2.24, 2.45) is 0 Å². The van der Waals surface area contributed by atoms with Crippen molar-refractivity contribution in [1.29, 1.82) is 10.5 Å². The van der Waals surface area contributed by atoms with E-state index >= 15 is 0 Å². The van der Waals surface area contributed by atoms with Crippen molar-refractivity contribution in [2.45, 2.75) is 32.6 Å². The van der Waals surface area contributed by atoms with Crippen LogP contribution in [0.5, 0.6) is 5.75 Å². The third-order valence-corrected chi connectivity index (χ3v) is 3.99. The van der Waals surface area contributed by atoms with Crippen LogP contribution in [0.25, 0.3) is 11.1 Å². The van der Waals surface area contributed by atoms with Crippen LogP contribution in [-0.4, -0.2) is 11.6 Å². The molecule has 0 fully saturated rings. The fourth-order valence-corrected chi connectivity index (χ4v) is 2.71. The number of unbranched alkanes of at least 4 members (excludes halogenated alkanes) is 3. The first-order valence-corrected chi connectivity index (χ1v) is 8.42. The minimum atomic E-state index is -0.993. The van der Waals surface area contributed by atoms with E-state index in [0.29, 0.717) is 12.5 Å². The van der Waals surface area contributed by atoms with E-state index in [0.717, 1.165) is 25.3 Å². The lowest BCUT2D eigenvalue weighted by atomic mass is 9.95. The Labute approximate surface area is 154 Å². The Kier molecular flexibility index (Phi) is 6.51. The number of anilines is 1. The molecule has 0 bridgehead atoms. The number of benzene rings is 1. The van der Waals surface area contributed by atoms with Crippen molar-refractivity contribution in [3.8, 4) is 29.0 Å². The Balaban J connectivity index is 2.64. The number of nitrogens with zero attached hydrogens (tertiary/aromatic N) is 2. The highest BCUT2D eigenvalue weighted by Crippen LogP contribution is 2.37. The Hall–Kier alpha value is -3.39. The van der Waals surface area contributed by atoms with Crippen molar-refractivity contribution >= 4 is 5.82 Å². The second-order valence-electron chi connectivity index (χ2n) is 5.89. The van der Waals surface area contributed by atoms with Gasteiger partial charge in [-0.1, -0.05) is 26.2 Å². The van der Waals surface area contributed by atoms with Crippen molar-refractivity contribution in [3.05, 3.63) is 45.2 Å². The SMILES string of the molecule is CCCCCCOc1c(F)cc(F)cc1-c1c(C#N)c(N)[nH]c(=O)c1C#N. The number of nitrogen functional groups attached to an aromatic ring is 1. The first-order chi connectivity index (χ1) is 12.9. The molecule has 0 amide bonds. The highest BCUT2D eigenvalue weighted by atomic mass is 19.1. The minimum Gasteiger partial charge on any atom is -0.490 e. The molecule has 0 saturated carbocycles. The number of nitriles is 2. The average Bonchev–Trinajstić information content (AvgIpc) is 2.62.